The number of hydrogen-bond donors (Lipinski definition) is 1. The van der Waals surface area contributed by atoms with Gasteiger partial charge in [0.25, 0.3) is 0 Å². The second kappa shape index (κ2) is 5.17. The van der Waals surface area contributed by atoms with E-state index in [0.717, 1.165) is 13.0 Å². The van der Waals surface area contributed by atoms with Crippen molar-refractivity contribution < 1.29 is 0 Å². The number of aryl methyl sites for hydroxylation is 2. The summed E-state index contributed by atoms with van der Waals surface area (Å²) in [7, 11) is 2.04. The number of nitrogens with one attached hydrogen (secondary N) is 1. The van der Waals surface area contributed by atoms with E-state index >= 15 is 0 Å². The molecule has 100 valence electrons. The Kier molecular flexibility index (Phi) is 3.38. The molecule has 0 aliphatic heterocycles. The van der Waals surface area contributed by atoms with Gasteiger partial charge in [-0.25, -0.2) is 0 Å². The molecule has 0 saturated carbocycles. The van der Waals surface area contributed by atoms with E-state index in [1.807, 2.05) is 17.9 Å². The first-order valence-corrected chi connectivity index (χ1v) is 7.04. The van der Waals surface area contributed by atoms with Crippen molar-refractivity contribution in [2.24, 2.45) is 7.05 Å². The van der Waals surface area contributed by atoms with Crippen molar-refractivity contribution in [3.8, 4) is 0 Å². The average molecular weight is 255 g/mol. The smallest absolute Gasteiger partial charge is 0.0540 e. The Morgan fingerprint density at radius 2 is 2.21 bits per heavy atom. The Bertz CT molecular complexity index is 571. The molecular formula is C16H21N3. The van der Waals surface area contributed by atoms with Crippen molar-refractivity contribution in [1.29, 1.82) is 0 Å². The zero-order valence-electron chi connectivity index (χ0n) is 11.7. The number of fused-ring (bicyclic) bond motifs is 1. The maximum atomic E-state index is 4.40. The quantitative estimate of drug-likeness (QED) is 0.914. The van der Waals surface area contributed by atoms with Crippen LogP contribution in [0, 0.1) is 6.92 Å². The highest BCUT2D eigenvalue weighted by molar-refractivity contribution is 5.27. The Labute approximate surface area is 114 Å². The maximum absolute atomic E-state index is 4.40. The molecule has 0 amide bonds. The van der Waals surface area contributed by atoms with E-state index in [0.29, 0.717) is 6.04 Å². The first-order chi connectivity index (χ1) is 9.25. The van der Waals surface area contributed by atoms with E-state index in [-0.39, 0.29) is 0 Å². The lowest BCUT2D eigenvalue weighted by Gasteiger charge is -2.24. The number of hydrogen-bond acceptors (Lipinski definition) is 2. The molecule has 0 saturated heterocycles. The predicted octanol–water partition coefficient (Wildman–Crippen LogP) is 2.90. The van der Waals surface area contributed by atoms with E-state index in [1.54, 1.807) is 0 Å². The Morgan fingerprint density at radius 3 is 3.05 bits per heavy atom. The minimum atomic E-state index is 0.456. The van der Waals surface area contributed by atoms with Gasteiger partial charge in [0.15, 0.2) is 0 Å². The lowest BCUT2D eigenvalue weighted by molar-refractivity contribution is 0.451. The van der Waals surface area contributed by atoms with Crippen LogP contribution in [0.3, 0.4) is 0 Å². The first kappa shape index (κ1) is 12.4. The Balaban J connectivity index is 1.73. The number of benzene rings is 1. The van der Waals surface area contributed by atoms with Crippen molar-refractivity contribution >= 4 is 0 Å². The lowest BCUT2D eigenvalue weighted by Crippen LogP contribution is -2.25. The monoisotopic (exact) mass is 255 g/mol. The van der Waals surface area contributed by atoms with E-state index in [9.17, 15) is 0 Å². The molecule has 0 fully saturated rings. The van der Waals surface area contributed by atoms with Gasteiger partial charge in [-0.1, -0.05) is 24.3 Å². The third-order valence-corrected chi connectivity index (χ3v) is 4.18. The molecule has 3 heteroatoms. The SMILES string of the molecule is Cc1ccccc1CNC1CCCc2c1cnn2C. The second-order valence-corrected chi connectivity index (χ2v) is 5.42. The van der Waals surface area contributed by atoms with Crippen LogP contribution in [0.15, 0.2) is 30.5 Å². The van der Waals surface area contributed by atoms with Gasteiger partial charge >= 0.3 is 0 Å². The van der Waals surface area contributed by atoms with Crippen LogP contribution in [-0.4, -0.2) is 9.78 Å². The Hall–Kier alpha value is -1.61. The summed E-state index contributed by atoms with van der Waals surface area (Å²) in [6, 6.07) is 9.04. The summed E-state index contributed by atoms with van der Waals surface area (Å²) in [6.07, 6.45) is 5.65. The van der Waals surface area contributed by atoms with Gasteiger partial charge in [0, 0.05) is 30.9 Å². The molecule has 1 atom stereocenters. The molecule has 3 nitrogen and oxygen atoms in total. The van der Waals surface area contributed by atoms with Crippen molar-refractivity contribution in [2.75, 3.05) is 0 Å². The van der Waals surface area contributed by atoms with Gasteiger partial charge in [-0.2, -0.15) is 5.10 Å². The largest absolute Gasteiger partial charge is 0.306 e. The van der Waals surface area contributed by atoms with Crippen molar-refractivity contribution in [3.63, 3.8) is 0 Å². The molecule has 1 heterocycles. The van der Waals surface area contributed by atoms with Crippen LogP contribution in [0.2, 0.25) is 0 Å². The fraction of sp³-hybridized carbons (Fsp3) is 0.438. The highest BCUT2D eigenvalue weighted by Crippen LogP contribution is 2.29. The van der Waals surface area contributed by atoms with Crippen molar-refractivity contribution in [2.45, 2.75) is 38.8 Å². The van der Waals surface area contributed by atoms with E-state index in [2.05, 4.69) is 41.6 Å². The molecule has 1 unspecified atom stereocenters. The van der Waals surface area contributed by atoms with Gasteiger partial charge in [0.1, 0.15) is 0 Å². The van der Waals surface area contributed by atoms with Gasteiger partial charge in [-0.15, -0.1) is 0 Å². The third-order valence-electron chi connectivity index (χ3n) is 4.18. The van der Waals surface area contributed by atoms with E-state index in [1.165, 1.54) is 35.2 Å². The summed E-state index contributed by atoms with van der Waals surface area (Å²) in [5.41, 5.74) is 5.53. The standard InChI is InChI=1S/C16H21N3/c1-12-6-3-4-7-13(12)10-17-15-8-5-9-16-14(15)11-18-19(16)2/h3-4,6-7,11,15,17H,5,8-10H2,1-2H3. The molecule has 0 spiro atoms. The predicted molar refractivity (Wildman–Crippen MR) is 76.9 cm³/mol. The van der Waals surface area contributed by atoms with Gasteiger partial charge in [-0.3, -0.25) is 4.68 Å². The van der Waals surface area contributed by atoms with Crippen molar-refractivity contribution in [1.82, 2.24) is 15.1 Å². The highest BCUT2D eigenvalue weighted by Gasteiger charge is 2.22. The Morgan fingerprint density at radius 1 is 1.37 bits per heavy atom. The van der Waals surface area contributed by atoms with Crippen molar-refractivity contribution in [3.05, 3.63) is 52.8 Å². The number of aromatic nitrogens is 2. The summed E-state index contributed by atoms with van der Waals surface area (Å²) in [6.45, 7) is 3.11. The first-order valence-electron chi connectivity index (χ1n) is 7.04. The average Bonchev–Trinajstić information content (AvgIpc) is 2.81. The number of rotatable bonds is 3. The minimum Gasteiger partial charge on any atom is -0.306 e. The summed E-state index contributed by atoms with van der Waals surface area (Å²) < 4.78 is 2.02. The molecule has 1 N–H and O–H groups in total. The second-order valence-electron chi connectivity index (χ2n) is 5.42. The van der Waals surface area contributed by atoms with Gasteiger partial charge < -0.3 is 5.32 Å². The molecule has 0 bridgehead atoms. The zero-order chi connectivity index (χ0) is 13.2. The normalized spacial score (nSPS) is 18.3. The molecule has 1 aromatic carbocycles. The maximum Gasteiger partial charge on any atom is 0.0540 e. The van der Waals surface area contributed by atoms with Crippen LogP contribution in [0.1, 0.15) is 41.3 Å². The van der Waals surface area contributed by atoms with Crippen LogP contribution in [0.5, 0.6) is 0 Å². The molecule has 1 aliphatic carbocycles. The molecule has 1 aliphatic rings. The van der Waals surface area contributed by atoms with Gasteiger partial charge in [-0.05, 0) is 37.3 Å². The molecule has 2 aromatic rings. The van der Waals surface area contributed by atoms with Crippen LogP contribution < -0.4 is 5.32 Å². The molecule has 19 heavy (non-hydrogen) atoms. The molecule has 1 aromatic heterocycles. The highest BCUT2D eigenvalue weighted by atomic mass is 15.3. The number of nitrogens with zero attached hydrogens (tertiary/aromatic N) is 2. The van der Waals surface area contributed by atoms with Crippen LogP contribution in [-0.2, 0) is 20.0 Å². The van der Waals surface area contributed by atoms with Crippen LogP contribution >= 0.6 is 0 Å². The summed E-state index contributed by atoms with van der Waals surface area (Å²) in [5, 5.41) is 8.09. The molecule has 3 rings (SSSR count). The van der Waals surface area contributed by atoms with E-state index in [4.69, 9.17) is 0 Å². The van der Waals surface area contributed by atoms with Gasteiger partial charge in [0.2, 0.25) is 0 Å². The van der Waals surface area contributed by atoms with Crippen LogP contribution in [0.25, 0.3) is 0 Å². The zero-order valence-corrected chi connectivity index (χ0v) is 11.7. The molecular weight excluding hydrogens is 234 g/mol. The summed E-state index contributed by atoms with van der Waals surface area (Å²) in [4.78, 5) is 0. The topological polar surface area (TPSA) is 29.9 Å². The minimum absolute atomic E-state index is 0.456. The van der Waals surface area contributed by atoms with Gasteiger partial charge in [0.05, 0.1) is 6.20 Å². The fourth-order valence-corrected chi connectivity index (χ4v) is 2.96. The summed E-state index contributed by atoms with van der Waals surface area (Å²) in [5.74, 6) is 0. The fourth-order valence-electron chi connectivity index (χ4n) is 2.96. The molecule has 0 radical (unpaired) electrons. The van der Waals surface area contributed by atoms with E-state index < -0.39 is 0 Å². The third kappa shape index (κ3) is 2.43. The summed E-state index contributed by atoms with van der Waals surface area (Å²) >= 11 is 0. The lowest BCUT2D eigenvalue weighted by atomic mass is 9.92. The van der Waals surface area contributed by atoms with Crippen LogP contribution in [0.4, 0.5) is 0 Å².